The van der Waals surface area contributed by atoms with E-state index in [4.69, 9.17) is 10.5 Å². The molecule has 0 atom stereocenters. The van der Waals surface area contributed by atoms with Crippen LogP contribution in [0.3, 0.4) is 0 Å². The standard InChI is InChI=1S/C17H27N3O2.C6H12/c1-2-14-13-15(7-8-16(14)19-17(18)21)22-12-6-11-20-9-4-3-5-10-20;1-2-4-6-5-3-1/h7-8,13H,2-6,9-12H2,1H3,(H3,18,19,21);1-6H2. The van der Waals surface area contributed by atoms with Gasteiger partial charge in [0.1, 0.15) is 5.75 Å². The fourth-order valence-electron chi connectivity index (χ4n) is 3.93. The van der Waals surface area contributed by atoms with Crippen molar-refractivity contribution in [1.82, 2.24) is 4.90 Å². The Morgan fingerprint density at radius 2 is 1.64 bits per heavy atom. The lowest BCUT2D eigenvalue weighted by atomic mass is 10.0. The molecular weight excluding hydrogens is 350 g/mol. The Hall–Kier alpha value is -1.75. The van der Waals surface area contributed by atoms with E-state index >= 15 is 0 Å². The maximum atomic E-state index is 11.0. The van der Waals surface area contributed by atoms with Gasteiger partial charge in [0.25, 0.3) is 0 Å². The number of carbonyl (C=O) groups is 1. The van der Waals surface area contributed by atoms with E-state index in [-0.39, 0.29) is 0 Å². The number of likely N-dealkylation sites (tertiary alicyclic amines) is 1. The molecule has 1 aliphatic carbocycles. The van der Waals surface area contributed by atoms with Crippen LogP contribution in [0, 0.1) is 0 Å². The van der Waals surface area contributed by atoms with E-state index in [0.717, 1.165) is 43.0 Å². The Morgan fingerprint density at radius 1 is 1.04 bits per heavy atom. The number of rotatable bonds is 7. The summed E-state index contributed by atoms with van der Waals surface area (Å²) in [4.78, 5) is 13.5. The maximum absolute atomic E-state index is 11.0. The molecule has 1 aromatic carbocycles. The Bertz CT molecular complexity index is 555. The topological polar surface area (TPSA) is 67.6 Å². The first-order valence-corrected chi connectivity index (χ1v) is 11.2. The molecule has 0 aromatic heterocycles. The quantitative estimate of drug-likeness (QED) is 0.619. The monoisotopic (exact) mass is 389 g/mol. The van der Waals surface area contributed by atoms with E-state index in [1.54, 1.807) is 0 Å². The zero-order valence-electron chi connectivity index (χ0n) is 17.7. The number of nitrogens with zero attached hydrogens (tertiary/aromatic N) is 1. The third-order valence-electron chi connectivity index (χ3n) is 5.55. The van der Waals surface area contributed by atoms with E-state index in [0.29, 0.717) is 0 Å². The van der Waals surface area contributed by atoms with Gasteiger partial charge in [-0.3, -0.25) is 0 Å². The number of primary amides is 1. The van der Waals surface area contributed by atoms with Gasteiger partial charge < -0.3 is 20.7 Å². The zero-order valence-corrected chi connectivity index (χ0v) is 17.7. The number of carbonyl (C=O) groups excluding carboxylic acids is 1. The second-order valence-corrected chi connectivity index (χ2v) is 7.89. The molecule has 0 bridgehead atoms. The van der Waals surface area contributed by atoms with Crippen LogP contribution in [0.1, 0.15) is 76.7 Å². The number of aryl methyl sites for hydroxylation is 1. The first-order chi connectivity index (χ1) is 13.7. The molecule has 0 radical (unpaired) electrons. The lowest BCUT2D eigenvalue weighted by molar-refractivity contribution is 0.205. The van der Waals surface area contributed by atoms with Crippen molar-refractivity contribution in [1.29, 1.82) is 0 Å². The first kappa shape index (κ1) is 22.5. The summed E-state index contributed by atoms with van der Waals surface area (Å²) in [5.74, 6) is 0.852. The molecule has 3 N–H and O–H groups in total. The Kier molecular flexibility index (Phi) is 10.8. The van der Waals surface area contributed by atoms with E-state index in [2.05, 4.69) is 10.2 Å². The van der Waals surface area contributed by atoms with Crippen molar-refractivity contribution in [3.05, 3.63) is 23.8 Å². The van der Waals surface area contributed by atoms with Crippen LogP contribution in [0.15, 0.2) is 18.2 Å². The summed E-state index contributed by atoms with van der Waals surface area (Å²) in [6.07, 6.45) is 14.9. The van der Waals surface area contributed by atoms with Crippen LogP contribution in [0.5, 0.6) is 5.75 Å². The molecule has 1 heterocycles. The third-order valence-corrected chi connectivity index (χ3v) is 5.55. The normalized spacial score (nSPS) is 17.3. The highest BCUT2D eigenvalue weighted by atomic mass is 16.5. The molecule has 2 aliphatic rings. The Balaban J connectivity index is 0.000000397. The van der Waals surface area contributed by atoms with Gasteiger partial charge in [-0.25, -0.2) is 4.79 Å². The van der Waals surface area contributed by atoms with Crippen LogP contribution in [-0.4, -0.2) is 37.2 Å². The second-order valence-electron chi connectivity index (χ2n) is 7.89. The number of anilines is 1. The van der Waals surface area contributed by atoms with Crippen molar-refractivity contribution >= 4 is 11.7 Å². The minimum absolute atomic E-state index is 0.537. The van der Waals surface area contributed by atoms with Gasteiger partial charge in [-0.05, 0) is 62.5 Å². The maximum Gasteiger partial charge on any atom is 0.316 e. The minimum atomic E-state index is -0.537. The summed E-state index contributed by atoms with van der Waals surface area (Å²) in [5, 5.41) is 2.64. The minimum Gasteiger partial charge on any atom is -0.494 e. The second kappa shape index (κ2) is 13.4. The van der Waals surface area contributed by atoms with Crippen molar-refractivity contribution in [2.45, 2.75) is 77.6 Å². The number of urea groups is 1. The molecule has 3 rings (SSSR count). The number of hydrogen-bond acceptors (Lipinski definition) is 3. The van der Waals surface area contributed by atoms with Gasteiger partial charge in [-0.1, -0.05) is 51.9 Å². The summed E-state index contributed by atoms with van der Waals surface area (Å²) >= 11 is 0. The molecule has 2 amide bonds. The molecule has 2 fully saturated rings. The summed E-state index contributed by atoms with van der Waals surface area (Å²) in [7, 11) is 0. The number of nitrogens with two attached hydrogens (primary N) is 1. The number of benzene rings is 1. The summed E-state index contributed by atoms with van der Waals surface area (Å²) < 4.78 is 5.83. The van der Waals surface area contributed by atoms with Crippen molar-refractivity contribution in [3.63, 3.8) is 0 Å². The molecule has 0 unspecified atom stereocenters. The fraction of sp³-hybridized carbons (Fsp3) is 0.696. The van der Waals surface area contributed by atoms with Gasteiger partial charge in [-0.15, -0.1) is 0 Å². The van der Waals surface area contributed by atoms with Crippen LogP contribution < -0.4 is 15.8 Å². The van der Waals surface area contributed by atoms with Crippen LogP contribution in [0.2, 0.25) is 0 Å². The molecule has 1 aromatic rings. The van der Waals surface area contributed by atoms with Crippen LogP contribution in [-0.2, 0) is 6.42 Å². The van der Waals surface area contributed by atoms with Crippen molar-refractivity contribution < 1.29 is 9.53 Å². The molecule has 1 saturated carbocycles. The highest BCUT2D eigenvalue weighted by Crippen LogP contribution is 2.23. The van der Waals surface area contributed by atoms with Gasteiger partial charge in [0.2, 0.25) is 0 Å². The number of piperidine rings is 1. The van der Waals surface area contributed by atoms with Crippen LogP contribution in [0.4, 0.5) is 10.5 Å². The number of amides is 2. The molecular formula is C23H39N3O2. The third kappa shape index (κ3) is 8.96. The molecule has 5 nitrogen and oxygen atoms in total. The summed E-state index contributed by atoms with van der Waals surface area (Å²) in [6, 6.07) is 5.17. The predicted octanol–water partition coefficient (Wildman–Crippen LogP) is 5.34. The highest BCUT2D eigenvalue weighted by Gasteiger charge is 2.09. The Labute approximate surface area is 171 Å². The van der Waals surface area contributed by atoms with Crippen LogP contribution >= 0.6 is 0 Å². The molecule has 1 saturated heterocycles. The van der Waals surface area contributed by atoms with Gasteiger partial charge >= 0.3 is 6.03 Å². The average molecular weight is 390 g/mol. The number of nitrogens with one attached hydrogen (secondary N) is 1. The smallest absolute Gasteiger partial charge is 0.316 e. The number of hydrogen-bond donors (Lipinski definition) is 2. The van der Waals surface area contributed by atoms with E-state index in [9.17, 15) is 4.79 Å². The van der Waals surface area contributed by atoms with Gasteiger partial charge in [-0.2, -0.15) is 0 Å². The lowest BCUT2D eigenvalue weighted by Crippen LogP contribution is -2.31. The predicted molar refractivity (Wildman–Crippen MR) is 117 cm³/mol. The average Bonchev–Trinajstić information content (AvgIpc) is 2.74. The molecule has 0 spiro atoms. The molecule has 28 heavy (non-hydrogen) atoms. The SMILES string of the molecule is C1CCCCC1.CCc1cc(OCCCN2CCCCC2)ccc1NC(N)=O. The van der Waals surface area contributed by atoms with Crippen molar-refractivity contribution in [3.8, 4) is 5.75 Å². The summed E-state index contributed by atoms with van der Waals surface area (Å²) in [6.45, 7) is 6.34. The lowest BCUT2D eigenvalue weighted by Gasteiger charge is -2.26. The largest absolute Gasteiger partial charge is 0.494 e. The van der Waals surface area contributed by atoms with Crippen LogP contribution in [0.25, 0.3) is 0 Å². The molecule has 158 valence electrons. The first-order valence-electron chi connectivity index (χ1n) is 11.2. The molecule has 5 heteroatoms. The summed E-state index contributed by atoms with van der Waals surface area (Å²) in [5.41, 5.74) is 6.96. The number of ether oxygens (including phenoxy) is 1. The zero-order chi connectivity index (χ0) is 20.0. The Morgan fingerprint density at radius 3 is 2.21 bits per heavy atom. The van der Waals surface area contributed by atoms with E-state index in [1.165, 1.54) is 70.9 Å². The fourth-order valence-corrected chi connectivity index (χ4v) is 3.93. The highest BCUT2D eigenvalue weighted by molar-refractivity contribution is 5.88. The van der Waals surface area contributed by atoms with Gasteiger partial charge in [0.05, 0.1) is 6.61 Å². The van der Waals surface area contributed by atoms with E-state index < -0.39 is 6.03 Å². The van der Waals surface area contributed by atoms with E-state index in [1.807, 2.05) is 25.1 Å². The molecule has 1 aliphatic heterocycles. The van der Waals surface area contributed by atoms with Crippen molar-refractivity contribution in [2.75, 3.05) is 31.6 Å². The van der Waals surface area contributed by atoms with Crippen molar-refractivity contribution in [2.24, 2.45) is 5.73 Å². The van der Waals surface area contributed by atoms with Gasteiger partial charge in [0, 0.05) is 12.2 Å². The van der Waals surface area contributed by atoms with Gasteiger partial charge in [0.15, 0.2) is 0 Å².